The summed E-state index contributed by atoms with van der Waals surface area (Å²) in [6.45, 7) is 1.88. The summed E-state index contributed by atoms with van der Waals surface area (Å²) in [7, 11) is -7.38. The second kappa shape index (κ2) is 7.86. The maximum Gasteiger partial charge on any atom is 0.261 e. The zero-order valence-electron chi connectivity index (χ0n) is 16.9. The highest BCUT2D eigenvalue weighted by Gasteiger charge is 2.36. The van der Waals surface area contributed by atoms with E-state index in [0.29, 0.717) is 29.1 Å². The fourth-order valence-corrected chi connectivity index (χ4v) is 5.29. The fourth-order valence-electron chi connectivity index (χ4n) is 3.36. The van der Waals surface area contributed by atoms with Crippen LogP contribution in [0.1, 0.15) is 29.3 Å². The van der Waals surface area contributed by atoms with Crippen molar-refractivity contribution in [3.8, 4) is 0 Å². The normalized spacial score (nSPS) is 16.9. The molecule has 1 aliphatic rings. The van der Waals surface area contributed by atoms with E-state index in [9.17, 15) is 16.8 Å². The Kier molecular flexibility index (Phi) is 5.36. The summed E-state index contributed by atoms with van der Waals surface area (Å²) in [6, 6.07) is 16.1. The van der Waals surface area contributed by atoms with Crippen molar-refractivity contribution in [2.24, 2.45) is 5.10 Å². The molecule has 8 nitrogen and oxygen atoms in total. The molecule has 1 N–H and O–H groups in total. The van der Waals surface area contributed by atoms with Gasteiger partial charge in [0.25, 0.3) is 10.0 Å². The predicted molar refractivity (Wildman–Crippen MR) is 118 cm³/mol. The van der Waals surface area contributed by atoms with Crippen molar-refractivity contribution in [2.75, 3.05) is 11.0 Å². The minimum atomic E-state index is -3.76. The Labute approximate surface area is 181 Å². The highest BCUT2D eigenvalue weighted by atomic mass is 32.2. The lowest BCUT2D eigenvalue weighted by molar-refractivity contribution is 0.322. The van der Waals surface area contributed by atoms with Gasteiger partial charge in [0.15, 0.2) is 0 Å². The van der Waals surface area contributed by atoms with Gasteiger partial charge in [0.1, 0.15) is 11.8 Å². The van der Waals surface area contributed by atoms with Gasteiger partial charge in [-0.25, -0.2) is 16.8 Å². The molecule has 3 aromatic rings. The van der Waals surface area contributed by atoms with Gasteiger partial charge >= 0.3 is 0 Å². The molecule has 1 aromatic heterocycles. The molecule has 0 aliphatic carbocycles. The zero-order valence-corrected chi connectivity index (χ0v) is 18.5. The van der Waals surface area contributed by atoms with Crippen LogP contribution < -0.4 is 4.72 Å². The van der Waals surface area contributed by atoms with Gasteiger partial charge in [-0.1, -0.05) is 29.8 Å². The molecular weight excluding hydrogens is 438 g/mol. The van der Waals surface area contributed by atoms with Crippen LogP contribution in [0.2, 0.25) is 0 Å². The number of furan rings is 1. The first-order valence-corrected chi connectivity index (χ1v) is 12.8. The van der Waals surface area contributed by atoms with Crippen LogP contribution in [-0.2, 0) is 20.0 Å². The van der Waals surface area contributed by atoms with Crippen molar-refractivity contribution in [1.82, 2.24) is 4.41 Å². The standard InChI is InChI=1S/C21H21N3O5S2/c1-15-8-10-18(11-9-15)31(27,28)23-17-6-3-5-16(13-17)19-14-20(21-7-4-12-29-21)24(22-19)30(2,25)26/h3-13,20,23H,14H2,1-2H3/t20-/m1/s1. The molecule has 2 heterocycles. The summed E-state index contributed by atoms with van der Waals surface area (Å²) in [6.07, 6.45) is 2.87. The average Bonchev–Trinajstić information content (AvgIpc) is 3.38. The van der Waals surface area contributed by atoms with Crippen molar-refractivity contribution in [3.63, 3.8) is 0 Å². The average molecular weight is 460 g/mol. The monoisotopic (exact) mass is 459 g/mol. The van der Waals surface area contributed by atoms with Crippen LogP contribution in [0.5, 0.6) is 0 Å². The minimum absolute atomic E-state index is 0.155. The molecule has 1 aliphatic heterocycles. The second-order valence-corrected chi connectivity index (χ2v) is 10.8. The number of aryl methyl sites for hydroxylation is 1. The van der Waals surface area contributed by atoms with E-state index in [-0.39, 0.29) is 4.90 Å². The third kappa shape index (κ3) is 4.49. The van der Waals surface area contributed by atoms with Crippen molar-refractivity contribution >= 4 is 31.4 Å². The lowest BCUT2D eigenvalue weighted by atomic mass is 10.0. The smallest absolute Gasteiger partial charge is 0.261 e. The molecule has 4 rings (SSSR count). The van der Waals surface area contributed by atoms with E-state index >= 15 is 0 Å². The van der Waals surface area contributed by atoms with Gasteiger partial charge < -0.3 is 4.42 Å². The number of rotatable bonds is 6. The highest BCUT2D eigenvalue weighted by Crippen LogP contribution is 2.35. The van der Waals surface area contributed by atoms with Crippen molar-refractivity contribution in [3.05, 3.63) is 83.8 Å². The molecular formula is C21H21N3O5S2. The number of anilines is 1. The van der Waals surface area contributed by atoms with E-state index in [0.717, 1.165) is 16.2 Å². The lowest BCUT2D eigenvalue weighted by Gasteiger charge is -2.18. The van der Waals surface area contributed by atoms with Gasteiger partial charge in [-0.15, -0.1) is 0 Å². The first kappa shape index (κ1) is 21.1. The Bertz CT molecular complexity index is 1330. The van der Waals surface area contributed by atoms with Crippen LogP contribution in [0, 0.1) is 6.92 Å². The molecule has 0 unspecified atom stereocenters. The van der Waals surface area contributed by atoms with E-state index in [4.69, 9.17) is 4.42 Å². The van der Waals surface area contributed by atoms with Crippen molar-refractivity contribution < 1.29 is 21.3 Å². The van der Waals surface area contributed by atoms with E-state index in [1.807, 2.05) is 6.92 Å². The third-order valence-corrected chi connectivity index (χ3v) is 7.28. The lowest BCUT2D eigenvalue weighted by Crippen LogP contribution is -2.25. The van der Waals surface area contributed by atoms with Crippen LogP contribution in [0.25, 0.3) is 0 Å². The molecule has 0 fully saturated rings. The van der Waals surface area contributed by atoms with Crippen molar-refractivity contribution in [1.29, 1.82) is 0 Å². The first-order valence-electron chi connectivity index (χ1n) is 9.44. The third-order valence-electron chi connectivity index (χ3n) is 4.86. The molecule has 0 saturated heterocycles. The Morgan fingerprint density at radius 2 is 1.77 bits per heavy atom. The maximum absolute atomic E-state index is 12.7. The summed E-state index contributed by atoms with van der Waals surface area (Å²) in [5, 5.41) is 4.30. The molecule has 0 amide bonds. The number of benzene rings is 2. The summed E-state index contributed by atoms with van der Waals surface area (Å²) < 4.78 is 58.9. The van der Waals surface area contributed by atoms with Crippen LogP contribution in [0.15, 0.2) is 81.3 Å². The van der Waals surface area contributed by atoms with E-state index in [2.05, 4.69) is 9.82 Å². The van der Waals surface area contributed by atoms with E-state index < -0.39 is 26.1 Å². The molecule has 0 radical (unpaired) electrons. The van der Waals surface area contributed by atoms with E-state index in [1.165, 1.54) is 6.26 Å². The number of hydrazone groups is 1. The second-order valence-electron chi connectivity index (χ2n) is 7.32. The molecule has 1 atom stereocenters. The number of hydrogen-bond donors (Lipinski definition) is 1. The van der Waals surface area contributed by atoms with Gasteiger partial charge in [0.05, 0.1) is 23.1 Å². The Morgan fingerprint density at radius 1 is 1.03 bits per heavy atom. The van der Waals surface area contributed by atoms with Crippen LogP contribution in [0.4, 0.5) is 5.69 Å². The summed E-state index contributed by atoms with van der Waals surface area (Å²) in [5.74, 6) is 0.486. The van der Waals surface area contributed by atoms with Gasteiger partial charge in [-0.05, 0) is 48.9 Å². The SMILES string of the molecule is Cc1ccc(S(=O)(=O)Nc2cccc(C3=NN(S(C)(=O)=O)[C@@H](c4ccco4)C3)c2)cc1. The summed E-state index contributed by atoms with van der Waals surface area (Å²) in [5.41, 5.74) is 2.45. The summed E-state index contributed by atoms with van der Waals surface area (Å²) in [4.78, 5) is 0.155. The first-order chi connectivity index (χ1) is 14.6. The van der Waals surface area contributed by atoms with Crippen LogP contribution in [0.3, 0.4) is 0 Å². The molecule has 0 saturated carbocycles. The van der Waals surface area contributed by atoms with Gasteiger partial charge in [-0.3, -0.25) is 4.72 Å². The van der Waals surface area contributed by atoms with Crippen LogP contribution in [-0.4, -0.2) is 33.2 Å². The number of nitrogens with one attached hydrogen (secondary N) is 1. The maximum atomic E-state index is 12.7. The Balaban J connectivity index is 1.63. The summed E-state index contributed by atoms with van der Waals surface area (Å²) >= 11 is 0. The zero-order chi connectivity index (χ0) is 22.2. The van der Waals surface area contributed by atoms with Gasteiger partial charge in [0, 0.05) is 12.1 Å². The molecule has 31 heavy (non-hydrogen) atoms. The number of nitrogens with zero attached hydrogens (tertiary/aromatic N) is 2. The fraction of sp³-hybridized carbons (Fsp3) is 0.190. The minimum Gasteiger partial charge on any atom is -0.467 e. The van der Waals surface area contributed by atoms with Crippen LogP contribution >= 0.6 is 0 Å². The number of hydrogen-bond acceptors (Lipinski definition) is 6. The molecule has 0 bridgehead atoms. The molecule has 10 heteroatoms. The Morgan fingerprint density at radius 3 is 2.42 bits per heavy atom. The predicted octanol–water partition coefficient (Wildman–Crippen LogP) is 3.50. The van der Waals surface area contributed by atoms with Crippen molar-refractivity contribution in [2.45, 2.75) is 24.3 Å². The molecule has 2 aromatic carbocycles. The largest absolute Gasteiger partial charge is 0.467 e. The molecule has 0 spiro atoms. The van der Waals surface area contributed by atoms with Gasteiger partial charge in [0.2, 0.25) is 10.0 Å². The van der Waals surface area contributed by atoms with Gasteiger partial charge in [-0.2, -0.15) is 9.52 Å². The quantitative estimate of drug-likeness (QED) is 0.607. The highest BCUT2D eigenvalue weighted by molar-refractivity contribution is 7.92. The van der Waals surface area contributed by atoms with E-state index in [1.54, 1.807) is 60.7 Å². The topological polar surface area (TPSA) is 109 Å². The molecule has 162 valence electrons. The Hall–Kier alpha value is -3.11. The number of sulfonamides is 2.